The number of ether oxygens (including phenoxy) is 3. The van der Waals surface area contributed by atoms with Crippen LogP contribution >= 0.6 is 0 Å². The molecule has 8 heteroatoms. The van der Waals surface area contributed by atoms with Crippen molar-refractivity contribution in [2.24, 2.45) is 0 Å². The molecule has 0 bridgehead atoms. The van der Waals surface area contributed by atoms with E-state index >= 15 is 0 Å². The molecule has 1 aromatic rings. The van der Waals surface area contributed by atoms with Crippen molar-refractivity contribution in [2.75, 3.05) is 6.79 Å². The van der Waals surface area contributed by atoms with Crippen molar-refractivity contribution in [1.29, 1.82) is 0 Å². The van der Waals surface area contributed by atoms with E-state index in [9.17, 15) is 13.2 Å². The van der Waals surface area contributed by atoms with Crippen molar-refractivity contribution < 1.29 is 31.6 Å². The van der Waals surface area contributed by atoms with E-state index in [1.165, 1.54) is 19.1 Å². The number of carbonyl (C=O) groups is 1. The van der Waals surface area contributed by atoms with Gasteiger partial charge < -0.3 is 14.2 Å². The summed E-state index contributed by atoms with van der Waals surface area (Å²) in [5.41, 5.74) is 0.928. The fraction of sp³-hybridized carbons (Fsp3) is 0.500. The maximum Gasteiger partial charge on any atom is 0.297 e. The van der Waals surface area contributed by atoms with Crippen LogP contribution < -0.4 is 0 Å². The molecule has 2 saturated heterocycles. The lowest BCUT2D eigenvalue weighted by molar-refractivity contribution is -0.150. The number of aryl methyl sites for hydroxylation is 1. The Morgan fingerprint density at radius 1 is 1.23 bits per heavy atom. The number of carbonyl (C=O) groups excluding carboxylic acids is 1. The summed E-state index contributed by atoms with van der Waals surface area (Å²) in [6.45, 7) is 3.13. The summed E-state index contributed by atoms with van der Waals surface area (Å²) < 4.78 is 45.8. The van der Waals surface area contributed by atoms with E-state index < -0.39 is 34.7 Å². The Hall–Kier alpha value is -1.32. The van der Waals surface area contributed by atoms with Gasteiger partial charge in [-0.2, -0.15) is 8.42 Å². The zero-order valence-electron chi connectivity index (χ0n) is 12.1. The van der Waals surface area contributed by atoms with E-state index in [1.807, 2.05) is 6.92 Å². The normalized spacial score (nSPS) is 31.2. The number of hydrogen-bond acceptors (Lipinski definition) is 7. The zero-order valence-corrected chi connectivity index (χ0v) is 12.9. The number of rotatable bonds is 4. The minimum Gasteiger partial charge on any atom is -0.344 e. The van der Waals surface area contributed by atoms with Crippen molar-refractivity contribution in [2.45, 2.75) is 43.3 Å². The molecule has 0 N–H and O–H groups in total. The molecule has 0 spiro atoms. The molecule has 2 aliphatic rings. The predicted molar refractivity (Wildman–Crippen MR) is 73.4 cm³/mol. The van der Waals surface area contributed by atoms with Crippen molar-refractivity contribution in [3.05, 3.63) is 29.8 Å². The Morgan fingerprint density at radius 2 is 1.91 bits per heavy atom. The van der Waals surface area contributed by atoms with Gasteiger partial charge >= 0.3 is 0 Å². The highest BCUT2D eigenvalue weighted by Gasteiger charge is 2.53. The maximum atomic E-state index is 12.4. The standard InChI is InChI=1S/C14H16O7S/c1-8-3-5-10(6-4-8)22(16,17)21-12-11(9(2)15)20-14-13(12)18-7-19-14/h3-6,11-14H,7H2,1-2H3/t11-,12+,13-,14+/m1/s1. The molecule has 0 aliphatic carbocycles. The van der Waals surface area contributed by atoms with Gasteiger partial charge in [-0.05, 0) is 26.0 Å². The van der Waals surface area contributed by atoms with Crippen LogP contribution in [-0.2, 0) is 33.3 Å². The lowest BCUT2D eigenvalue weighted by Gasteiger charge is -2.19. The van der Waals surface area contributed by atoms with Crippen LogP contribution in [0.25, 0.3) is 0 Å². The van der Waals surface area contributed by atoms with E-state index in [0.717, 1.165) is 5.56 Å². The number of ketones is 1. The maximum absolute atomic E-state index is 12.4. The van der Waals surface area contributed by atoms with Crippen LogP contribution in [-0.4, -0.2) is 45.6 Å². The van der Waals surface area contributed by atoms with Gasteiger partial charge in [-0.15, -0.1) is 0 Å². The molecule has 2 aliphatic heterocycles. The van der Waals surface area contributed by atoms with E-state index in [2.05, 4.69) is 0 Å². The summed E-state index contributed by atoms with van der Waals surface area (Å²) in [5.74, 6) is -0.342. The molecule has 4 atom stereocenters. The van der Waals surface area contributed by atoms with Gasteiger partial charge in [0.25, 0.3) is 10.1 Å². The van der Waals surface area contributed by atoms with E-state index in [0.29, 0.717) is 0 Å². The second-order valence-corrected chi connectivity index (χ2v) is 6.85. The molecule has 3 rings (SSSR count). The summed E-state index contributed by atoms with van der Waals surface area (Å²) in [7, 11) is -4.03. The average Bonchev–Trinajstić information content (AvgIpc) is 3.02. The van der Waals surface area contributed by atoms with E-state index in [1.54, 1.807) is 12.1 Å². The summed E-state index contributed by atoms with van der Waals surface area (Å²) in [6.07, 6.45) is -3.62. The summed E-state index contributed by atoms with van der Waals surface area (Å²) in [6, 6.07) is 6.24. The highest BCUT2D eigenvalue weighted by Crippen LogP contribution is 2.33. The smallest absolute Gasteiger partial charge is 0.297 e. The third kappa shape index (κ3) is 2.80. The first-order valence-corrected chi connectivity index (χ1v) is 8.18. The van der Waals surface area contributed by atoms with Crippen LogP contribution in [0.1, 0.15) is 12.5 Å². The fourth-order valence-corrected chi connectivity index (χ4v) is 3.54. The molecule has 0 amide bonds. The Balaban J connectivity index is 1.86. The van der Waals surface area contributed by atoms with Gasteiger partial charge in [-0.1, -0.05) is 17.7 Å². The summed E-state index contributed by atoms with van der Waals surface area (Å²) in [5, 5.41) is 0. The molecule has 0 radical (unpaired) electrons. The Bertz CT molecular complexity index is 667. The number of Topliss-reactive ketones (excluding diaryl/α,β-unsaturated/α-hetero) is 1. The van der Waals surface area contributed by atoms with Gasteiger partial charge in [0, 0.05) is 0 Å². The molecule has 0 aromatic heterocycles. The Kier molecular flexibility index (Phi) is 4.04. The first-order valence-electron chi connectivity index (χ1n) is 6.77. The second kappa shape index (κ2) is 5.71. The molecule has 22 heavy (non-hydrogen) atoms. The lowest BCUT2D eigenvalue weighted by atomic mass is 10.1. The third-order valence-corrected chi connectivity index (χ3v) is 4.94. The number of fused-ring (bicyclic) bond motifs is 1. The second-order valence-electron chi connectivity index (χ2n) is 5.28. The van der Waals surface area contributed by atoms with Crippen LogP contribution in [0.4, 0.5) is 0 Å². The highest BCUT2D eigenvalue weighted by atomic mass is 32.2. The third-order valence-electron chi connectivity index (χ3n) is 3.61. The van der Waals surface area contributed by atoms with Crippen molar-refractivity contribution >= 4 is 15.9 Å². The van der Waals surface area contributed by atoms with Gasteiger partial charge in [0.2, 0.25) is 0 Å². The summed E-state index contributed by atoms with van der Waals surface area (Å²) >= 11 is 0. The average molecular weight is 328 g/mol. The van der Waals surface area contributed by atoms with Crippen LogP contribution in [0.15, 0.2) is 29.2 Å². The van der Waals surface area contributed by atoms with Crippen molar-refractivity contribution in [1.82, 2.24) is 0 Å². The zero-order chi connectivity index (χ0) is 15.9. The van der Waals surface area contributed by atoms with Crippen LogP contribution in [0.5, 0.6) is 0 Å². The van der Waals surface area contributed by atoms with Gasteiger partial charge in [-0.25, -0.2) is 0 Å². The first kappa shape index (κ1) is 15.6. The molecular formula is C14H16O7S. The molecule has 7 nitrogen and oxygen atoms in total. The van der Waals surface area contributed by atoms with E-state index in [4.69, 9.17) is 18.4 Å². The largest absolute Gasteiger partial charge is 0.344 e. The first-order chi connectivity index (χ1) is 10.4. The van der Waals surface area contributed by atoms with Gasteiger partial charge in [-0.3, -0.25) is 8.98 Å². The quantitative estimate of drug-likeness (QED) is 0.754. The van der Waals surface area contributed by atoms with Crippen molar-refractivity contribution in [3.8, 4) is 0 Å². The van der Waals surface area contributed by atoms with Crippen LogP contribution in [0.2, 0.25) is 0 Å². The molecule has 1 aromatic carbocycles. The van der Waals surface area contributed by atoms with Gasteiger partial charge in [0.05, 0.1) is 4.90 Å². The molecule has 2 heterocycles. The summed E-state index contributed by atoms with van der Waals surface area (Å²) in [4.78, 5) is 11.7. The van der Waals surface area contributed by atoms with Crippen LogP contribution in [0, 0.1) is 6.92 Å². The minimum atomic E-state index is -4.03. The predicted octanol–water partition coefficient (Wildman–Crippen LogP) is 0.756. The lowest BCUT2D eigenvalue weighted by Crippen LogP contribution is -2.39. The Labute approximate surface area is 128 Å². The highest BCUT2D eigenvalue weighted by molar-refractivity contribution is 7.86. The number of benzene rings is 1. The molecule has 0 unspecified atom stereocenters. The van der Waals surface area contributed by atoms with Crippen LogP contribution in [0.3, 0.4) is 0 Å². The molecule has 0 saturated carbocycles. The SMILES string of the molecule is CC(=O)[C@H]1O[C@@H]2OCO[C@@H]2[C@H]1OS(=O)(=O)c1ccc(C)cc1. The number of hydrogen-bond donors (Lipinski definition) is 0. The topological polar surface area (TPSA) is 88.1 Å². The van der Waals surface area contributed by atoms with Gasteiger partial charge in [0.15, 0.2) is 18.9 Å². The molecule has 2 fully saturated rings. The Morgan fingerprint density at radius 3 is 2.55 bits per heavy atom. The van der Waals surface area contributed by atoms with Gasteiger partial charge in [0.1, 0.15) is 18.3 Å². The monoisotopic (exact) mass is 328 g/mol. The fourth-order valence-electron chi connectivity index (χ4n) is 2.46. The molecular weight excluding hydrogens is 312 g/mol. The van der Waals surface area contributed by atoms with Crippen molar-refractivity contribution in [3.63, 3.8) is 0 Å². The minimum absolute atomic E-state index is 0.0165. The van der Waals surface area contributed by atoms with E-state index in [-0.39, 0.29) is 17.5 Å². The molecule has 120 valence electrons.